The van der Waals surface area contributed by atoms with E-state index < -0.39 is 30.0 Å². The molecule has 1 aromatic carbocycles. The fourth-order valence-electron chi connectivity index (χ4n) is 3.56. The van der Waals surface area contributed by atoms with E-state index in [1.807, 2.05) is 0 Å². The number of allylic oxidation sites excluding steroid dienone is 1. The van der Waals surface area contributed by atoms with Gasteiger partial charge in [0.1, 0.15) is 0 Å². The molecule has 1 saturated heterocycles. The number of fused-ring (bicyclic) bond motifs is 3. The van der Waals surface area contributed by atoms with Gasteiger partial charge >= 0.3 is 12.2 Å². The molecule has 10 heteroatoms. The third kappa shape index (κ3) is 2.39. The van der Waals surface area contributed by atoms with Crippen LogP contribution in [0.3, 0.4) is 0 Å². The Morgan fingerprint density at radius 3 is 2.30 bits per heavy atom. The molecule has 1 aromatic rings. The van der Waals surface area contributed by atoms with Crippen molar-refractivity contribution in [1.29, 1.82) is 0 Å². The summed E-state index contributed by atoms with van der Waals surface area (Å²) >= 11 is 0. The van der Waals surface area contributed by atoms with Crippen molar-refractivity contribution in [3.8, 4) is 0 Å². The first kappa shape index (κ1) is 17.4. The molecule has 142 valence electrons. The molecule has 3 amide bonds. The minimum absolute atomic E-state index is 0.375. The van der Waals surface area contributed by atoms with Gasteiger partial charge in [-0.2, -0.15) is 13.2 Å². The highest BCUT2D eigenvalue weighted by Gasteiger charge is 2.53. The lowest BCUT2D eigenvalue weighted by molar-refractivity contribution is -0.137. The normalized spacial score (nSPS) is 25.0. The maximum absolute atomic E-state index is 12.8. The molecule has 0 saturated carbocycles. The zero-order valence-electron chi connectivity index (χ0n) is 14.7. The molecule has 4 rings (SSSR count). The van der Waals surface area contributed by atoms with Crippen LogP contribution in [-0.4, -0.2) is 58.9 Å². The number of amides is 3. The van der Waals surface area contributed by atoms with Crippen molar-refractivity contribution in [2.24, 2.45) is 4.99 Å². The number of rotatable bonds is 1. The number of alkyl halides is 3. The van der Waals surface area contributed by atoms with Gasteiger partial charge in [-0.25, -0.2) is 9.79 Å². The number of aliphatic imine (C=N–C) groups is 1. The van der Waals surface area contributed by atoms with Gasteiger partial charge in [-0.1, -0.05) is 0 Å². The van der Waals surface area contributed by atoms with Crippen LogP contribution in [-0.2, 0) is 11.0 Å². The fraction of sp³-hybridized carbons (Fsp3) is 0.353. The number of anilines is 1. The van der Waals surface area contributed by atoms with E-state index in [4.69, 9.17) is 0 Å². The van der Waals surface area contributed by atoms with Gasteiger partial charge in [0.15, 0.2) is 12.2 Å². The molecule has 27 heavy (non-hydrogen) atoms. The Labute approximate surface area is 152 Å². The highest BCUT2D eigenvalue weighted by atomic mass is 19.4. The third-order valence-electron chi connectivity index (χ3n) is 4.96. The molecular weight excluding hydrogens is 363 g/mol. The van der Waals surface area contributed by atoms with E-state index in [2.05, 4.69) is 4.99 Å². The number of urea groups is 1. The van der Waals surface area contributed by atoms with E-state index in [1.165, 1.54) is 24.1 Å². The molecule has 3 heterocycles. The van der Waals surface area contributed by atoms with Crippen LogP contribution in [0, 0.1) is 0 Å². The van der Waals surface area contributed by atoms with Crippen molar-refractivity contribution in [2.45, 2.75) is 25.3 Å². The lowest BCUT2D eigenvalue weighted by Crippen LogP contribution is -2.63. The summed E-state index contributed by atoms with van der Waals surface area (Å²) < 4.78 is 38.4. The van der Waals surface area contributed by atoms with Gasteiger partial charge < -0.3 is 9.80 Å². The number of carbonyl (C=O) groups is 2. The summed E-state index contributed by atoms with van der Waals surface area (Å²) in [6.07, 6.45) is -3.38. The predicted octanol–water partition coefficient (Wildman–Crippen LogP) is 2.28. The minimum Gasteiger partial charge on any atom is -0.302 e. The number of guanidine groups is 1. The Morgan fingerprint density at radius 1 is 1.07 bits per heavy atom. The Kier molecular flexibility index (Phi) is 3.53. The lowest BCUT2D eigenvalue weighted by atomic mass is 10.1. The van der Waals surface area contributed by atoms with E-state index in [-0.39, 0.29) is 5.91 Å². The van der Waals surface area contributed by atoms with Gasteiger partial charge in [0, 0.05) is 31.7 Å². The highest BCUT2D eigenvalue weighted by molar-refractivity contribution is 6.09. The van der Waals surface area contributed by atoms with Crippen molar-refractivity contribution < 1.29 is 22.8 Å². The van der Waals surface area contributed by atoms with Crippen LogP contribution < -0.4 is 4.90 Å². The second-order valence-electron chi connectivity index (χ2n) is 6.64. The maximum atomic E-state index is 12.8. The number of hydrogen-bond acceptors (Lipinski definition) is 5. The van der Waals surface area contributed by atoms with E-state index >= 15 is 0 Å². The van der Waals surface area contributed by atoms with E-state index in [9.17, 15) is 22.8 Å². The quantitative estimate of drug-likeness (QED) is 0.751. The second kappa shape index (κ2) is 5.48. The molecule has 0 radical (unpaired) electrons. The molecule has 0 spiro atoms. The zero-order chi connectivity index (χ0) is 19.7. The Hall–Kier alpha value is -3.04. The first-order valence-corrected chi connectivity index (χ1v) is 8.17. The first-order chi connectivity index (χ1) is 12.6. The van der Waals surface area contributed by atoms with Crippen molar-refractivity contribution in [3.05, 3.63) is 41.7 Å². The summed E-state index contributed by atoms with van der Waals surface area (Å²) in [4.78, 5) is 35.0. The van der Waals surface area contributed by atoms with Crippen molar-refractivity contribution in [1.82, 2.24) is 14.7 Å². The van der Waals surface area contributed by atoms with Crippen molar-refractivity contribution in [2.75, 3.05) is 19.0 Å². The first-order valence-electron chi connectivity index (χ1n) is 8.17. The number of nitrogens with zero attached hydrogens (tertiary/aromatic N) is 5. The molecule has 0 aromatic heterocycles. The standard InChI is InChI=1S/C17H16F3N5O2/c1-9-8-24-12-13(22(2)16(27)23(3)14(12)26)21-15(24)25(9)11-6-4-10(5-7-11)17(18,19)20/h4-8,12-13H,1-3H3. The van der Waals surface area contributed by atoms with Gasteiger partial charge in [-0.3, -0.25) is 14.6 Å². The monoisotopic (exact) mass is 379 g/mol. The molecule has 0 N–H and O–H groups in total. The van der Waals surface area contributed by atoms with Gasteiger partial charge in [0.25, 0.3) is 5.91 Å². The number of likely N-dealkylation sites (N-methyl/N-ethyl adjacent to an activating group) is 2. The van der Waals surface area contributed by atoms with Crippen LogP contribution in [0.15, 0.2) is 41.2 Å². The van der Waals surface area contributed by atoms with Crippen LogP contribution in [0.25, 0.3) is 0 Å². The Morgan fingerprint density at radius 2 is 1.70 bits per heavy atom. The van der Waals surface area contributed by atoms with Crippen LogP contribution in [0.4, 0.5) is 23.7 Å². The lowest BCUT2D eigenvalue weighted by Gasteiger charge is -2.38. The number of hydrogen-bond donors (Lipinski definition) is 0. The smallest absolute Gasteiger partial charge is 0.302 e. The number of benzene rings is 1. The van der Waals surface area contributed by atoms with Crippen molar-refractivity contribution >= 4 is 23.6 Å². The Balaban J connectivity index is 1.71. The van der Waals surface area contributed by atoms with Crippen LogP contribution in [0.5, 0.6) is 0 Å². The van der Waals surface area contributed by atoms with Crippen LogP contribution >= 0.6 is 0 Å². The fourth-order valence-corrected chi connectivity index (χ4v) is 3.56. The molecule has 1 fully saturated rings. The largest absolute Gasteiger partial charge is 0.416 e. The van der Waals surface area contributed by atoms with Gasteiger partial charge in [-0.15, -0.1) is 0 Å². The summed E-state index contributed by atoms with van der Waals surface area (Å²) in [5.74, 6) is 0.0331. The molecular formula is C17H16F3N5O2. The summed E-state index contributed by atoms with van der Waals surface area (Å²) in [6.45, 7) is 1.78. The summed E-state index contributed by atoms with van der Waals surface area (Å²) in [7, 11) is 2.98. The number of carbonyl (C=O) groups excluding carboxylic acids is 2. The summed E-state index contributed by atoms with van der Waals surface area (Å²) in [5, 5.41) is 0. The van der Waals surface area contributed by atoms with E-state index in [0.717, 1.165) is 17.0 Å². The molecule has 3 aliphatic rings. The molecule has 2 unspecified atom stereocenters. The SMILES string of the molecule is CC1=CN2C(=NC3C2C(=O)N(C)C(=O)N3C)N1c1ccc(C(F)(F)F)cc1. The predicted molar refractivity (Wildman–Crippen MR) is 90.5 cm³/mol. The van der Waals surface area contributed by atoms with Gasteiger partial charge in [0.2, 0.25) is 5.96 Å². The summed E-state index contributed by atoms with van der Waals surface area (Å²) in [5.41, 5.74) is 0.460. The molecule has 0 aliphatic carbocycles. The topological polar surface area (TPSA) is 59.5 Å². The second-order valence-corrected chi connectivity index (χ2v) is 6.64. The molecule has 3 aliphatic heterocycles. The number of halogens is 3. The maximum Gasteiger partial charge on any atom is 0.416 e. The van der Waals surface area contributed by atoms with E-state index in [1.54, 1.807) is 30.0 Å². The van der Waals surface area contributed by atoms with Crippen LogP contribution in [0.2, 0.25) is 0 Å². The number of imide groups is 1. The molecule has 2 atom stereocenters. The summed E-state index contributed by atoms with van der Waals surface area (Å²) in [6, 6.07) is 3.58. The van der Waals surface area contributed by atoms with Gasteiger partial charge in [-0.05, 0) is 31.2 Å². The Bertz CT molecular complexity index is 893. The van der Waals surface area contributed by atoms with Crippen LogP contribution in [0.1, 0.15) is 12.5 Å². The molecule has 0 bridgehead atoms. The van der Waals surface area contributed by atoms with Crippen molar-refractivity contribution in [3.63, 3.8) is 0 Å². The molecule has 7 nitrogen and oxygen atoms in total. The van der Waals surface area contributed by atoms with Gasteiger partial charge in [0.05, 0.1) is 5.56 Å². The van der Waals surface area contributed by atoms with E-state index in [0.29, 0.717) is 17.3 Å². The third-order valence-corrected chi connectivity index (χ3v) is 4.96. The average molecular weight is 379 g/mol. The zero-order valence-corrected chi connectivity index (χ0v) is 14.7. The minimum atomic E-state index is -4.42. The highest BCUT2D eigenvalue weighted by Crippen LogP contribution is 2.37. The average Bonchev–Trinajstić information content (AvgIpc) is 3.12.